The topological polar surface area (TPSA) is 66.4 Å². The average Bonchev–Trinajstić information content (AvgIpc) is 2.73. The predicted octanol–water partition coefficient (Wildman–Crippen LogP) is 4.31. The molecule has 104 valence electrons. The molecular weight excluding hydrogens is 321 g/mol. The Morgan fingerprint density at radius 1 is 1.25 bits per heavy atom. The van der Waals surface area contributed by atoms with Crippen LogP contribution in [0.4, 0.5) is 5.00 Å². The lowest BCUT2D eigenvalue weighted by molar-refractivity contribution is 0.0698. The summed E-state index contributed by atoms with van der Waals surface area (Å²) in [5.41, 5.74) is 0.251. The number of hydrogen-bond donors (Lipinski definition) is 2. The van der Waals surface area contributed by atoms with Crippen molar-refractivity contribution in [2.24, 2.45) is 0 Å². The monoisotopic (exact) mass is 329 g/mol. The maximum atomic E-state index is 12.1. The van der Waals surface area contributed by atoms with Crippen LogP contribution in [0.3, 0.4) is 0 Å². The molecule has 2 N–H and O–H groups in total. The average molecular weight is 330 g/mol. The second kappa shape index (κ2) is 5.83. The summed E-state index contributed by atoms with van der Waals surface area (Å²) in [6.07, 6.45) is 0. The van der Waals surface area contributed by atoms with E-state index >= 15 is 0 Å². The zero-order valence-electron chi connectivity index (χ0n) is 10.2. The minimum atomic E-state index is -1.10. The van der Waals surface area contributed by atoms with Gasteiger partial charge in [-0.05, 0) is 25.1 Å². The van der Waals surface area contributed by atoms with Crippen molar-refractivity contribution in [2.45, 2.75) is 6.92 Å². The van der Waals surface area contributed by atoms with Crippen molar-refractivity contribution in [2.75, 3.05) is 5.32 Å². The molecule has 1 aromatic carbocycles. The number of benzene rings is 1. The molecule has 4 nitrogen and oxygen atoms in total. The van der Waals surface area contributed by atoms with E-state index in [-0.39, 0.29) is 26.2 Å². The van der Waals surface area contributed by atoms with Crippen molar-refractivity contribution >= 4 is 51.4 Å². The first-order valence-electron chi connectivity index (χ1n) is 5.49. The van der Waals surface area contributed by atoms with Crippen LogP contribution in [0.25, 0.3) is 0 Å². The number of aryl methyl sites for hydroxylation is 1. The van der Waals surface area contributed by atoms with E-state index in [4.69, 9.17) is 28.3 Å². The van der Waals surface area contributed by atoms with Crippen molar-refractivity contribution in [3.63, 3.8) is 0 Å². The SMILES string of the molecule is Cc1cc(C(=O)O)c(NC(=O)c2cccc(Cl)c2Cl)s1. The summed E-state index contributed by atoms with van der Waals surface area (Å²) in [5, 5.41) is 12.3. The smallest absolute Gasteiger partial charge is 0.338 e. The molecule has 7 heteroatoms. The quantitative estimate of drug-likeness (QED) is 0.881. The van der Waals surface area contributed by atoms with Crippen LogP contribution >= 0.6 is 34.5 Å². The lowest BCUT2D eigenvalue weighted by Crippen LogP contribution is -2.13. The van der Waals surface area contributed by atoms with Gasteiger partial charge in [-0.3, -0.25) is 4.79 Å². The number of rotatable bonds is 3. The number of thiophene rings is 1. The van der Waals surface area contributed by atoms with Gasteiger partial charge < -0.3 is 10.4 Å². The number of amides is 1. The molecule has 0 spiro atoms. The Labute approximate surface area is 128 Å². The van der Waals surface area contributed by atoms with Crippen molar-refractivity contribution in [1.82, 2.24) is 0 Å². The Balaban J connectivity index is 2.33. The fourth-order valence-corrected chi connectivity index (χ4v) is 2.90. The van der Waals surface area contributed by atoms with Gasteiger partial charge in [0.05, 0.1) is 21.2 Å². The molecule has 0 bridgehead atoms. The van der Waals surface area contributed by atoms with Crippen LogP contribution < -0.4 is 5.32 Å². The van der Waals surface area contributed by atoms with E-state index in [2.05, 4.69) is 5.32 Å². The summed E-state index contributed by atoms with van der Waals surface area (Å²) < 4.78 is 0. The third-order valence-corrected chi connectivity index (χ3v) is 4.29. The summed E-state index contributed by atoms with van der Waals surface area (Å²) in [7, 11) is 0. The summed E-state index contributed by atoms with van der Waals surface area (Å²) >= 11 is 13.0. The van der Waals surface area contributed by atoms with Crippen LogP contribution in [-0.4, -0.2) is 17.0 Å². The maximum absolute atomic E-state index is 12.1. The van der Waals surface area contributed by atoms with Gasteiger partial charge in [0, 0.05) is 4.88 Å². The van der Waals surface area contributed by atoms with Gasteiger partial charge in [0.1, 0.15) is 5.00 Å². The molecule has 0 fully saturated rings. The van der Waals surface area contributed by atoms with Gasteiger partial charge in [-0.25, -0.2) is 4.79 Å². The Bertz CT molecular complexity index is 697. The summed E-state index contributed by atoms with van der Waals surface area (Å²) in [6, 6.07) is 6.19. The first kappa shape index (κ1) is 14.8. The van der Waals surface area contributed by atoms with Gasteiger partial charge in [0.25, 0.3) is 5.91 Å². The Kier molecular flexibility index (Phi) is 4.32. The summed E-state index contributed by atoms with van der Waals surface area (Å²) in [4.78, 5) is 24.0. The van der Waals surface area contributed by atoms with Gasteiger partial charge in [-0.15, -0.1) is 11.3 Å². The van der Waals surface area contributed by atoms with Crippen molar-refractivity contribution in [1.29, 1.82) is 0 Å². The molecule has 1 heterocycles. The van der Waals surface area contributed by atoms with Crippen molar-refractivity contribution in [3.05, 3.63) is 50.3 Å². The number of halogens is 2. The van der Waals surface area contributed by atoms with E-state index in [1.807, 2.05) is 0 Å². The third-order valence-electron chi connectivity index (χ3n) is 2.51. The molecule has 0 saturated heterocycles. The van der Waals surface area contributed by atoms with Crippen LogP contribution in [-0.2, 0) is 0 Å². The zero-order chi connectivity index (χ0) is 14.9. The molecule has 0 radical (unpaired) electrons. The summed E-state index contributed by atoms with van der Waals surface area (Å²) in [6.45, 7) is 1.76. The largest absolute Gasteiger partial charge is 0.478 e. The fraction of sp³-hybridized carbons (Fsp3) is 0.0769. The first-order chi connectivity index (χ1) is 9.40. The number of hydrogen-bond acceptors (Lipinski definition) is 3. The second-order valence-corrected chi connectivity index (χ2v) is 6.00. The van der Waals surface area contributed by atoms with Gasteiger partial charge in [0.2, 0.25) is 0 Å². The molecule has 0 aliphatic heterocycles. The number of nitrogens with one attached hydrogen (secondary N) is 1. The molecule has 1 amide bonds. The molecular formula is C13H9Cl2NO3S. The lowest BCUT2D eigenvalue weighted by Gasteiger charge is -2.06. The zero-order valence-corrected chi connectivity index (χ0v) is 12.6. The van der Waals surface area contributed by atoms with E-state index in [0.717, 1.165) is 4.88 Å². The summed E-state index contributed by atoms with van der Waals surface area (Å²) in [5.74, 6) is -1.59. The van der Waals surface area contributed by atoms with Gasteiger partial charge in [0.15, 0.2) is 0 Å². The van der Waals surface area contributed by atoms with E-state index < -0.39 is 11.9 Å². The van der Waals surface area contributed by atoms with Crippen LogP contribution in [0.1, 0.15) is 25.6 Å². The number of carboxylic acids is 1. The van der Waals surface area contributed by atoms with Crippen molar-refractivity contribution < 1.29 is 14.7 Å². The Hall–Kier alpha value is -1.56. The molecule has 0 saturated carbocycles. The Morgan fingerprint density at radius 2 is 1.95 bits per heavy atom. The van der Waals surface area contributed by atoms with Crippen LogP contribution in [0.5, 0.6) is 0 Å². The standard InChI is InChI=1S/C13H9Cl2NO3S/c1-6-5-8(13(18)19)12(20-6)16-11(17)7-3-2-4-9(14)10(7)15/h2-5H,1H3,(H,16,17)(H,18,19). The van der Waals surface area contributed by atoms with E-state index in [0.29, 0.717) is 0 Å². The third kappa shape index (κ3) is 2.95. The highest BCUT2D eigenvalue weighted by molar-refractivity contribution is 7.16. The Morgan fingerprint density at radius 3 is 2.60 bits per heavy atom. The van der Waals surface area contributed by atoms with Gasteiger partial charge in [-0.2, -0.15) is 0 Å². The molecule has 0 unspecified atom stereocenters. The first-order valence-corrected chi connectivity index (χ1v) is 7.06. The number of aromatic carboxylic acids is 1. The van der Waals surface area contributed by atoms with Crippen LogP contribution in [0.2, 0.25) is 10.0 Å². The number of carbonyl (C=O) groups excluding carboxylic acids is 1. The second-order valence-electron chi connectivity index (χ2n) is 3.96. The molecule has 0 atom stereocenters. The van der Waals surface area contributed by atoms with E-state index in [1.54, 1.807) is 19.1 Å². The van der Waals surface area contributed by atoms with Crippen LogP contribution in [0, 0.1) is 6.92 Å². The number of anilines is 1. The van der Waals surface area contributed by atoms with Gasteiger partial charge >= 0.3 is 5.97 Å². The highest BCUT2D eigenvalue weighted by atomic mass is 35.5. The minimum absolute atomic E-state index is 0.0546. The maximum Gasteiger partial charge on any atom is 0.338 e. The van der Waals surface area contributed by atoms with Crippen molar-refractivity contribution in [3.8, 4) is 0 Å². The fourth-order valence-electron chi connectivity index (χ4n) is 1.62. The van der Waals surface area contributed by atoms with E-state index in [9.17, 15) is 9.59 Å². The molecule has 0 aliphatic carbocycles. The normalized spacial score (nSPS) is 10.3. The van der Waals surface area contributed by atoms with Gasteiger partial charge in [-0.1, -0.05) is 29.3 Å². The predicted molar refractivity (Wildman–Crippen MR) is 80.4 cm³/mol. The molecule has 20 heavy (non-hydrogen) atoms. The number of carboxylic acid groups (broad SMARTS) is 1. The van der Waals surface area contributed by atoms with Crippen LogP contribution in [0.15, 0.2) is 24.3 Å². The highest BCUT2D eigenvalue weighted by Crippen LogP contribution is 2.30. The molecule has 1 aromatic heterocycles. The number of carbonyl (C=O) groups is 2. The molecule has 2 aromatic rings. The van der Waals surface area contributed by atoms with E-state index in [1.165, 1.54) is 23.5 Å². The molecule has 2 rings (SSSR count). The molecule has 0 aliphatic rings. The highest BCUT2D eigenvalue weighted by Gasteiger charge is 2.18. The lowest BCUT2D eigenvalue weighted by atomic mass is 10.2. The minimum Gasteiger partial charge on any atom is -0.478 e.